The van der Waals surface area contributed by atoms with Gasteiger partial charge in [0.2, 0.25) is 0 Å². The first-order valence-electron chi connectivity index (χ1n) is 5.04. The molecule has 2 aliphatic rings. The maximum atomic E-state index is 6.14. The highest BCUT2D eigenvalue weighted by molar-refractivity contribution is 6.38. The van der Waals surface area contributed by atoms with Crippen LogP contribution in [0.5, 0.6) is 0 Å². The second-order valence-corrected chi connectivity index (χ2v) is 4.84. The zero-order chi connectivity index (χ0) is 10.4. The van der Waals surface area contributed by atoms with Crippen LogP contribution in [0.2, 0.25) is 10.2 Å². The second-order valence-electron chi connectivity index (χ2n) is 4.07. The molecule has 0 amide bonds. The van der Waals surface area contributed by atoms with E-state index in [0.29, 0.717) is 16.2 Å². The number of anilines is 1. The summed E-state index contributed by atoms with van der Waals surface area (Å²) < 4.78 is 0. The summed E-state index contributed by atoms with van der Waals surface area (Å²) in [5.74, 6) is 0.748. The van der Waals surface area contributed by atoms with Gasteiger partial charge in [-0.1, -0.05) is 23.2 Å². The largest absolute Gasteiger partial charge is 0.363 e. The van der Waals surface area contributed by atoms with Crippen LogP contribution in [0.15, 0.2) is 12.3 Å². The minimum atomic E-state index is 0.507. The predicted octanol–water partition coefficient (Wildman–Crippen LogP) is 1.80. The first kappa shape index (κ1) is 9.70. The fraction of sp³-hybridized carbons (Fsp3) is 0.500. The number of aromatic nitrogens is 1. The van der Waals surface area contributed by atoms with E-state index in [9.17, 15) is 0 Å². The molecule has 2 saturated heterocycles. The Bertz CT molecular complexity index is 376. The maximum Gasteiger partial charge on any atom is 0.153 e. The van der Waals surface area contributed by atoms with Crippen LogP contribution in [-0.4, -0.2) is 30.7 Å². The summed E-state index contributed by atoms with van der Waals surface area (Å²) in [5, 5.41) is 4.58. The summed E-state index contributed by atoms with van der Waals surface area (Å²) in [6.07, 6.45) is 1.64. The Balaban J connectivity index is 1.93. The van der Waals surface area contributed by atoms with Crippen LogP contribution < -0.4 is 10.2 Å². The average molecular weight is 244 g/mol. The highest BCUT2D eigenvalue weighted by atomic mass is 35.5. The van der Waals surface area contributed by atoms with E-state index in [4.69, 9.17) is 23.2 Å². The third-order valence-electron chi connectivity index (χ3n) is 3.25. The molecule has 5 heteroatoms. The molecular formula is C10H11Cl2N3. The van der Waals surface area contributed by atoms with Gasteiger partial charge in [0.15, 0.2) is 5.15 Å². The van der Waals surface area contributed by atoms with Gasteiger partial charge in [0.1, 0.15) is 0 Å². The molecule has 1 N–H and O–H groups in total. The van der Waals surface area contributed by atoms with Crippen LogP contribution >= 0.6 is 23.2 Å². The number of nitrogens with zero attached hydrogens (tertiary/aromatic N) is 2. The van der Waals surface area contributed by atoms with Crippen LogP contribution in [0.3, 0.4) is 0 Å². The lowest BCUT2D eigenvalue weighted by atomic mass is 9.91. The molecule has 3 rings (SSSR count). The van der Waals surface area contributed by atoms with Crippen molar-refractivity contribution in [3.63, 3.8) is 0 Å². The molecule has 0 unspecified atom stereocenters. The highest BCUT2D eigenvalue weighted by Gasteiger charge is 2.43. The van der Waals surface area contributed by atoms with Gasteiger partial charge < -0.3 is 10.2 Å². The zero-order valence-electron chi connectivity index (χ0n) is 8.08. The van der Waals surface area contributed by atoms with Crippen LogP contribution in [-0.2, 0) is 0 Å². The number of nitrogens with one attached hydrogen (secondary N) is 1. The summed E-state index contributed by atoms with van der Waals surface area (Å²) in [6, 6.07) is 2.34. The van der Waals surface area contributed by atoms with Crippen LogP contribution in [0.4, 0.5) is 5.69 Å². The lowest BCUT2D eigenvalue weighted by Gasteiger charge is -2.45. The lowest BCUT2D eigenvalue weighted by Crippen LogP contribution is -2.56. The van der Waals surface area contributed by atoms with E-state index in [1.807, 2.05) is 0 Å². The second kappa shape index (κ2) is 3.51. The first-order valence-corrected chi connectivity index (χ1v) is 5.80. The SMILES string of the molecule is Clc1ccnc(Cl)c1N1C[C@@H]2CNC[C@@H]21. The molecule has 2 fully saturated rings. The number of halogens is 2. The fourth-order valence-corrected chi connectivity index (χ4v) is 3.01. The molecule has 0 saturated carbocycles. The molecule has 3 nitrogen and oxygen atoms in total. The predicted molar refractivity (Wildman–Crippen MR) is 61.8 cm³/mol. The zero-order valence-corrected chi connectivity index (χ0v) is 9.59. The number of hydrogen-bond donors (Lipinski definition) is 1. The van der Waals surface area contributed by atoms with Crippen molar-refractivity contribution in [3.8, 4) is 0 Å². The van der Waals surface area contributed by atoms with Crippen LogP contribution in [0.1, 0.15) is 0 Å². The Morgan fingerprint density at radius 2 is 2.27 bits per heavy atom. The Labute approximate surface area is 98.4 Å². The van der Waals surface area contributed by atoms with Crippen molar-refractivity contribution in [2.75, 3.05) is 24.5 Å². The molecule has 1 aromatic heterocycles. The first-order chi connectivity index (χ1) is 7.27. The molecule has 0 spiro atoms. The molecule has 3 heterocycles. The van der Waals surface area contributed by atoms with E-state index in [1.165, 1.54) is 0 Å². The normalized spacial score (nSPS) is 28.8. The molecule has 0 radical (unpaired) electrons. The molecule has 2 atom stereocenters. The minimum Gasteiger partial charge on any atom is -0.363 e. The molecule has 0 aromatic carbocycles. The number of hydrogen-bond acceptors (Lipinski definition) is 3. The summed E-state index contributed by atoms with van der Waals surface area (Å²) in [5.41, 5.74) is 0.894. The highest BCUT2D eigenvalue weighted by Crippen LogP contribution is 2.40. The van der Waals surface area contributed by atoms with Gasteiger partial charge in [-0.25, -0.2) is 4.98 Å². The molecule has 0 aliphatic carbocycles. The Hall–Kier alpha value is -0.510. The smallest absolute Gasteiger partial charge is 0.153 e. The molecule has 1 aromatic rings. The van der Waals surface area contributed by atoms with E-state index >= 15 is 0 Å². The van der Waals surface area contributed by atoms with Gasteiger partial charge >= 0.3 is 0 Å². The van der Waals surface area contributed by atoms with E-state index in [0.717, 1.165) is 31.2 Å². The van der Waals surface area contributed by atoms with Crippen molar-refractivity contribution in [1.29, 1.82) is 0 Å². The fourth-order valence-electron chi connectivity index (χ4n) is 2.44. The molecule has 2 aliphatic heterocycles. The Morgan fingerprint density at radius 3 is 3.00 bits per heavy atom. The molecule has 0 bridgehead atoms. The standard InChI is InChI=1S/C10H11Cl2N3/c11-7-1-2-14-10(12)9(7)15-5-6-3-13-4-8(6)15/h1-2,6,8,13H,3-5H2/t6-,8-/m0/s1. The van der Waals surface area contributed by atoms with Crippen molar-refractivity contribution < 1.29 is 0 Å². The maximum absolute atomic E-state index is 6.14. The monoisotopic (exact) mass is 243 g/mol. The van der Waals surface area contributed by atoms with E-state index in [-0.39, 0.29) is 0 Å². The van der Waals surface area contributed by atoms with Crippen molar-refractivity contribution in [3.05, 3.63) is 22.4 Å². The van der Waals surface area contributed by atoms with Crippen molar-refractivity contribution in [2.45, 2.75) is 6.04 Å². The van der Waals surface area contributed by atoms with E-state index < -0.39 is 0 Å². The topological polar surface area (TPSA) is 28.2 Å². The van der Waals surface area contributed by atoms with E-state index in [1.54, 1.807) is 12.3 Å². The quantitative estimate of drug-likeness (QED) is 0.763. The molecule has 80 valence electrons. The lowest BCUT2D eigenvalue weighted by molar-refractivity contribution is 0.365. The van der Waals surface area contributed by atoms with Gasteiger partial charge in [-0.2, -0.15) is 0 Å². The van der Waals surface area contributed by atoms with Crippen molar-refractivity contribution in [1.82, 2.24) is 10.3 Å². The van der Waals surface area contributed by atoms with Crippen molar-refractivity contribution >= 4 is 28.9 Å². The number of fused-ring (bicyclic) bond motifs is 1. The van der Waals surface area contributed by atoms with Crippen LogP contribution in [0, 0.1) is 5.92 Å². The summed E-state index contributed by atoms with van der Waals surface area (Å²) in [7, 11) is 0. The number of rotatable bonds is 1. The van der Waals surface area contributed by atoms with Gasteiger partial charge in [0.05, 0.1) is 10.7 Å². The average Bonchev–Trinajstić information content (AvgIpc) is 2.53. The summed E-state index contributed by atoms with van der Waals surface area (Å²) in [6.45, 7) is 3.16. The third-order valence-corrected chi connectivity index (χ3v) is 3.83. The third kappa shape index (κ3) is 1.41. The van der Waals surface area contributed by atoms with E-state index in [2.05, 4.69) is 15.2 Å². The summed E-state index contributed by atoms with van der Waals surface area (Å²) in [4.78, 5) is 6.33. The Kier molecular flexibility index (Phi) is 2.27. The molecule has 15 heavy (non-hydrogen) atoms. The Morgan fingerprint density at radius 1 is 1.40 bits per heavy atom. The summed E-state index contributed by atoms with van der Waals surface area (Å²) >= 11 is 12.2. The van der Waals surface area contributed by atoms with Crippen molar-refractivity contribution in [2.24, 2.45) is 5.92 Å². The van der Waals surface area contributed by atoms with Gasteiger partial charge in [-0.05, 0) is 6.07 Å². The minimum absolute atomic E-state index is 0.507. The van der Waals surface area contributed by atoms with Gasteiger partial charge in [0.25, 0.3) is 0 Å². The van der Waals surface area contributed by atoms with Gasteiger partial charge in [0, 0.05) is 37.8 Å². The van der Waals surface area contributed by atoms with Gasteiger partial charge in [-0.15, -0.1) is 0 Å². The van der Waals surface area contributed by atoms with Crippen LogP contribution in [0.25, 0.3) is 0 Å². The number of pyridine rings is 1. The van der Waals surface area contributed by atoms with Gasteiger partial charge in [-0.3, -0.25) is 0 Å². The molecular weight excluding hydrogens is 233 g/mol.